The quantitative estimate of drug-likeness (QED) is 0.605. The molecule has 1 rings (SSSR count). The van der Waals surface area contributed by atoms with Gasteiger partial charge in [-0.3, -0.25) is 9.52 Å². The molecule has 0 bridgehead atoms. The first kappa shape index (κ1) is 10.9. The molecular weight excluding hydrogens is 202 g/mol. The molecule has 0 saturated carbocycles. The van der Waals surface area contributed by atoms with Gasteiger partial charge in [-0.05, 0) is 25.3 Å². The number of hydrogen-bond acceptors (Lipinski definition) is 3. The number of carbonyl (C=O) groups is 2. The molecule has 0 saturated heterocycles. The average molecular weight is 215 g/mol. The minimum absolute atomic E-state index is 0.310. The average Bonchev–Trinajstić information content (AvgIpc) is 2.16. The molecule has 0 fully saturated rings. The van der Waals surface area contributed by atoms with Gasteiger partial charge in [0.05, 0.1) is 5.92 Å². The van der Waals surface area contributed by atoms with E-state index in [0.717, 1.165) is 11.3 Å². The van der Waals surface area contributed by atoms with Crippen molar-refractivity contribution in [3.8, 4) is 0 Å². The summed E-state index contributed by atoms with van der Waals surface area (Å²) in [7, 11) is 0. The summed E-state index contributed by atoms with van der Waals surface area (Å²) in [5.74, 6) is -0.891. The van der Waals surface area contributed by atoms with Gasteiger partial charge in [-0.15, -0.1) is 0 Å². The zero-order valence-corrected chi connectivity index (χ0v) is 8.90. The summed E-state index contributed by atoms with van der Waals surface area (Å²) >= 11 is 1.23. The summed E-state index contributed by atoms with van der Waals surface area (Å²) in [6, 6.07) is -0.310. The fourth-order valence-electron chi connectivity index (χ4n) is 1.14. The maximum absolute atomic E-state index is 11.0. The Kier molecular flexibility index (Phi) is 3.40. The van der Waals surface area contributed by atoms with E-state index in [1.54, 1.807) is 6.92 Å². The van der Waals surface area contributed by atoms with E-state index in [-0.39, 0.29) is 6.03 Å². The lowest BCUT2D eigenvalue weighted by Gasteiger charge is -2.23. The molecule has 4 N–H and O–H groups in total. The smallest absolute Gasteiger partial charge is 0.329 e. The van der Waals surface area contributed by atoms with E-state index < -0.39 is 11.8 Å². The highest BCUT2D eigenvalue weighted by Crippen LogP contribution is 2.26. The van der Waals surface area contributed by atoms with Gasteiger partial charge in [0, 0.05) is 10.6 Å². The van der Waals surface area contributed by atoms with E-state index >= 15 is 0 Å². The van der Waals surface area contributed by atoms with Crippen LogP contribution in [0.4, 0.5) is 4.79 Å². The molecule has 0 aromatic rings. The van der Waals surface area contributed by atoms with Gasteiger partial charge in [-0.2, -0.15) is 0 Å². The molecule has 1 aliphatic heterocycles. The van der Waals surface area contributed by atoms with Crippen LogP contribution in [0.1, 0.15) is 20.3 Å². The second kappa shape index (κ2) is 4.36. The molecule has 14 heavy (non-hydrogen) atoms. The fraction of sp³-hybridized carbons (Fsp3) is 0.500. The van der Waals surface area contributed by atoms with Crippen LogP contribution in [0.2, 0.25) is 0 Å². The van der Waals surface area contributed by atoms with Crippen molar-refractivity contribution >= 4 is 23.9 Å². The molecule has 0 aromatic carbocycles. The predicted molar refractivity (Wildman–Crippen MR) is 54.9 cm³/mol. The van der Waals surface area contributed by atoms with Gasteiger partial charge >= 0.3 is 6.03 Å². The van der Waals surface area contributed by atoms with Crippen LogP contribution in [0, 0.1) is 5.92 Å². The maximum Gasteiger partial charge on any atom is 0.329 e. The predicted octanol–water partition coefficient (Wildman–Crippen LogP) is 0.690. The second-order valence-corrected chi connectivity index (χ2v) is 3.87. The van der Waals surface area contributed by atoms with Crippen LogP contribution >= 0.6 is 11.9 Å². The monoisotopic (exact) mass is 215 g/mol. The molecule has 78 valence electrons. The summed E-state index contributed by atoms with van der Waals surface area (Å²) in [6.45, 7) is 3.63. The molecule has 6 heteroatoms. The van der Waals surface area contributed by atoms with E-state index in [0.29, 0.717) is 5.70 Å². The standard InChI is InChI=1S/C8H13N3O2S/c1-3-5-6(4(2)7(9)12)10-8(13)11-14-5/h4H,3H2,1-2H3,(H2,9,12)(H2,10,11,13). The fourth-order valence-corrected chi connectivity index (χ4v) is 1.88. The largest absolute Gasteiger partial charge is 0.369 e. The number of urea groups is 1. The van der Waals surface area contributed by atoms with E-state index in [1.807, 2.05) is 6.92 Å². The van der Waals surface area contributed by atoms with Crippen LogP contribution in [0.3, 0.4) is 0 Å². The van der Waals surface area contributed by atoms with Crippen molar-refractivity contribution in [2.75, 3.05) is 0 Å². The van der Waals surface area contributed by atoms with E-state index in [2.05, 4.69) is 10.0 Å². The molecule has 3 amide bonds. The first-order valence-electron chi connectivity index (χ1n) is 4.32. The van der Waals surface area contributed by atoms with Gasteiger partial charge in [-0.25, -0.2) is 4.79 Å². The van der Waals surface area contributed by atoms with Crippen molar-refractivity contribution in [1.82, 2.24) is 10.0 Å². The number of amides is 3. The molecule has 1 unspecified atom stereocenters. The minimum atomic E-state index is -0.455. The Morgan fingerprint density at radius 2 is 2.29 bits per heavy atom. The zero-order valence-electron chi connectivity index (χ0n) is 8.09. The van der Waals surface area contributed by atoms with Crippen LogP contribution in [0.5, 0.6) is 0 Å². The van der Waals surface area contributed by atoms with Gasteiger partial charge < -0.3 is 11.1 Å². The number of primary amides is 1. The molecule has 0 aliphatic carbocycles. The maximum atomic E-state index is 11.0. The first-order chi connectivity index (χ1) is 6.56. The van der Waals surface area contributed by atoms with Crippen LogP contribution in [-0.4, -0.2) is 11.9 Å². The highest BCUT2D eigenvalue weighted by Gasteiger charge is 2.24. The molecular formula is C8H13N3O2S. The summed E-state index contributed by atoms with van der Waals surface area (Å²) in [4.78, 5) is 22.9. The van der Waals surface area contributed by atoms with Gasteiger partial charge in [0.15, 0.2) is 0 Å². The third kappa shape index (κ3) is 2.20. The van der Waals surface area contributed by atoms with Crippen LogP contribution in [-0.2, 0) is 4.79 Å². The van der Waals surface area contributed by atoms with E-state index in [9.17, 15) is 9.59 Å². The van der Waals surface area contributed by atoms with Crippen molar-refractivity contribution in [3.63, 3.8) is 0 Å². The Labute approximate surface area is 86.6 Å². The van der Waals surface area contributed by atoms with Gasteiger partial charge in [-0.1, -0.05) is 6.92 Å². The van der Waals surface area contributed by atoms with Crippen LogP contribution in [0.25, 0.3) is 0 Å². The molecule has 0 aromatic heterocycles. The highest BCUT2D eigenvalue weighted by atomic mass is 32.2. The van der Waals surface area contributed by atoms with E-state index in [4.69, 9.17) is 5.73 Å². The van der Waals surface area contributed by atoms with Crippen molar-refractivity contribution in [2.45, 2.75) is 20.3 Å². The zero-order chi connectivity index (χ0) is 10.7. The topological polar surface area (TPSA) is 84.2 Å². The van der Waals surface area contributed by atoms with Gasteiger partial charge in [0.1, 0.15) is 0 Å². The molecule has 0 radical (unpaired) electrons. The van der Waals surface area contributed by atoms with Crippen LogP contribution in [0.15, 0.2) is 10.6 Å². The molecule has 1 heterocycles. The van der Waals surface area contributed by atoms with Crippen molar-refractivity contribution in [2.24, 2.45) is 11.7 Å². The number of carbonyl (C=O) groups excluding carboxylic acids is 2. The summed E-state index contributed by atoms with van der Waals surface area (Å²) in [6.07, 6.45) is 0.755. The molecule has 5 nitrogen and oxygen atoms in total. The van der Waals surface area contributed by atoms with E-state index in [1.165, 1.54) is 11.9 Å². The van der Waals surface area contributed by atoms with Gasteiger partial charge in [0.25, 0.3) is 0 Å². The van der Waals surface area contributed by atoms with Crippen molar-refractivity contribution < 1.29 is 9.59 Å². The Morgan fingerprint density at radius 3 is 2.79 bits per heavy atom. The normalized spacial score (nSPS) is 18.6. The second-order valence-electron chi connectivity index (χ2n) is 2.97. The third-order valence-corrected chi connectivity index (χ3v) is 3.04. The van der Waals surface area contributed by atoms with Gasteiger partial charge in [0.2, 0.25) is 5.91 Å². The third-order valence-electron chi connectivity index (χ3n) is 2.00. The van der Waals surface area contributed by atoms with Crippen molar-refractivity contribution in [1.29, 1.82) is 0 Å². The Hall–Kier alpha value is -1.17. The number of rotatable bonds is 3. The number of allylic oxidation sites excluding steroid dienone is 1. The lowest BCUT2D eigenvalue weighted by Crippen LogP contribution is -2.40. The number of nitrogens with two attached hydrogens (primary N) is 1. The Bertz CT molecular complexity index is 301. The Morgan fingerprint density at radius 1 is 1.64 bits per heavy atom. The summed E-state index contributed by atoms with van der Waals surface area (Å²) in [5.41, 5.74) is 5.79. The Balaban J connectivity index is 2.94. The SMILES string of the molecule is CCC1=C(C(C)C(N)=O)NC(=O)NS1. The molecule has 1 atom stereocenters. The first-order valence-corrected chi connectivity index (χ1v) is 5.14. The lowest BCUT2D eigenvalue weighted by atomic mass is 10.1. The van der Waals surface area contributed by atoms with Crippen molar-refractivity contribution in [3.05, 3.63) is 10.6 Å². The summed E-state index contributed by atoms with van der Waals surface area (Å²) < 4.78 is 2.56. The number of hydrogen-bond donors (Lipinski definition) is 3. The highest BCUT2D eigenvalue weighted by molar-refractivity contribution is 8.01. The van der Waals surface area contributed by atoms with Crippen LogP contribution < -0.4 is 15.8 Å². The molecule has 0 spiro atoms. The minimum Gasteiger partial charge on any atom is -0.369 e. The lowest BCUT2D eigenvalue weighted by molar-refractivity contribution is -0.120. The summed E-state index contributed by atoms with van der Waals surface area (Å²) in [5, 5.41) is 2.61. The number of nitrogens with one attached hydrogen (secondary N) is 2. The molecule has 1 aliphatic rings.